The third kappa shape index (κ3) is 4.07. The molecule has 4 bridgehead atoms. The van der Waals surface area contributed by atoms with Crippen molar-refractivity contribution in [2.75, 3.05) is 26.2 Å². The second-order valence-corrected chi connectivity index (χ2v) is 5.13. The Morgan fingerprint density at radius 3 is 1.62 bits per heavy atom. The van der Waals surface area contributed by atoms with Crippen LogP contribution in [0.1, 0.15) is 11.4 Å². The van der Waals surface area contributed by atoms with E-state index in [-0.39, 0.29) is 0 Å². The highest BCUT2D eigenvalue weighted by Gasteiger charge is 2.04. The van der Waals surface area contributed by atoms with Gasteiger partial charge in [-0.25, -0.2) is 9.97 Å². The van der Waals surface area contributed by atoms with Crippen LogP contribution in [0.3, 0.4) is 0 Å². The normalized spacial score (nSPS) is 16.8. The molecular formula is C16H21N5. The monoisotopic (exact) mass is 283 g/mol. The van der Waals surface area contributed by atoms with Gasteiger partial charge in [-0.1, -0.05) is 12.1 Å². The van der Waals surface area contributed by atoms with Gasteiger partial charge in [0.2, 0.25) is 0 Å². The molecule has 2 aromatic rings. The van der Waals surface area contributed by atoms with Crippen LogP contribution in [0.15, 0.2) is 36.4 Å². The Morgan fingerprint density at radius 2 is 1.10 bits per heavy atom. The summed E-state index contributed by atoms with van der Waals surface area (Å²) in [7, 11) is 0. The van der Waals surface area contributed by atoms with E-state index in [0.29, 0.717) is 0 Å². The Labute approximate surface area is 125 Å². The van der Waals surface area contributed by atoms with Crippen molar-refractivity contribution < 1.29 is 0 Å². The van der Waals surface area contributed by atoms with Gasteiger partial charge >= 0.3 is 0 Å². The highest BCUT2D eigenvalue weighted by atomic mass is 15.0. The van der Waals surface area contributed by atoms with Crippen LogP contribution in [-0.2, 0) is 13.1 Å². The number of pyridine rings is 2. The van der Waals surface area contributed by atoms with E-state index in [9.17, 15) is 0 Å². The molecule has 21 heavy (non-hydrogen) atoms. The molecule has 110 valence electrons. The van der Waals surface area contributed by atoms with Crippen LogP contribution >= 0.6 is 0 Å². The fourth-order valence-corrected chi connectivity index (χ4v) is 2.35. The lowest BCUT2D eigenvalue weighted by Crippen LogP contribution is -2.32. The van der Waals surface area contributed by atoms with Crippen LogP contribution in [0.5, 0.6) is 0 Å². The minimum atomic E-state index is 0.785. The molecule has 5 nitrogen and oxygen atoms in total. The van der Waals surface area contributed by atoms with E-state index in [4.69, 9.17) is 9.97 Å². The van der Waals surface area contributed by atoms with Gasteiger partial charge in [-0.3, -0.25) is 0 Å². The maximum Gasteiger partial charge on any atom is 0.0890 e. The number of hydrogen-bond acceptors (Lipinski definition) is 5. The zero-order valence-corrected chi connectivity index (χ0v) is 12.1. The molecule has 0 radical (unpaired) electrons. The number of aromatic nitrogens is 2. The summed E-state index contributed by atoms with van der Waals surface area (Å²) in [5.74, 6) is 0. The quantitative estimate of drug-likeness (QED) is 0.671. The van der Waals surface area contributed by atoms with E-state index in [0.717, 1.165) is 62.0 Å². The van der Waals surface area contributed by atoms with Gasteiger partial charge in [-0.15, -0.1) is 0 Å². The van der Waals surface area contributed by atoms with Gasteiger partial charge < -0.3 is 16.0 Å². The van der Waals surface area contributed by atoms with E-state index >= 15 is 0 Å². The molecule has 0 atom stereocenters. The van der Waals surface area contributed by atoms with Crippen molar-refractivity contribution in [1.29, 1.82) is 0 Å². The van der Waals surface area contributed by atoms with Gasteiger partial charge in [0, 0.05) is 39.3 Å². The Bertz CT molecular complexity index is 533. The van der Waals surface area contributed by atoms with E-state index in [1.807, 2.05) is 36.4 Å². The van der Waals surface area contributed by atoms with Gasteiger partial charge in [0.15, 0.2) is 0 Å². The SMILES string of the molecule is c1cc2nc(c1)-c1cccc(n1)CNCCNCCNC2. The molecule has 0 aromatic carbocycles. The second kappa shape index (κ2) is 7.26. The van der Waals surface area contributed by atoms with Crippen LogP contribution in [0.4, 0.5) is 0 Å². The molecule has 0 spiro atoms. The molecule has 0 saturated heterocycles. The van der Waals surface area contributed by atoms with Crippen molar-refractivity contribution in [2.45, 2.75) is 13.1 Å². The number of fused-ring (bicyclic) bond motifs is 5. The number of nitrogens with zero attached hydrogens (tertiary/aromatic N) is 2. The summed E-state index contributed by atoms with van der Waals surface area (Å²) < 4.78 is 0. The smallest absolute Gasteiger partial charge is 0.0890 e. The first-order valence-corrected chi connectivity index (χ1v) is 7.46. The molecule has 3 heterocycles. The molecule has 5 heteroatoms. The summed E-state index contributed by atoms with van der Waals surface area (Å²) in [5, 5.41) is 10.2. The van der Waals surface area contributed by atoms with Crippen molar-refractivity contribution in [3.8, 4) is 11.4 Å². The fraction of sp³-hybridized carbons (Fsp3) is 0.375. The van der Waals surface area contributed by atoms with Gasteiger partial charge in [0.05, 0.1) is 22.8 Å². The van der Waals surface area contributed by atoms with Gasteiger partial charge in [0.25, 0.3) is 0 Å². The van der Waals surface area contributed by atoms with Crippen molar-refractivity contribution in [3.63, 3.8) is 0 Å². The summed E-state index contributed by atoms with van der Waals surface area (Å²) in [4.78, 5) is 9.38. The summed E-state index contributed by atoms with van der Waals surface area (Å²) in [6.45, 7) is 5.39. The zero-order chi connectivity index (χ0) is 14.3. The predicted octanol–water partition coefficient (Wildman–Crippen LogP) is 0.926. The van der Waals surface area contributed by atoms with Gasteiger partial charge in [-0.05, 0) is 24.3 Å². The van der Waals surface area contributed by atoms with E-state index < -0.39 is 0 Å². The molecule has 2 aromatic heterocycles. The van der Waals surface area contributed by atoms with Gasteiger partial charge in [0.1, 0.15) is 0 Å². The number of nitrogens with one attached hydrogen (secondary N) is 3. The molecule has 3 N–H and O–H groups in total. The average Bonchev–Trinajstić information content (AvgIpc) is 2.53. The number of rotatable bonds is 0. The first-order valence-electron chi connectivity index (χ1n) is 7.46. The van der Waals surface area contributed by atoms with Crippen LogP contribution in [0, 0.1) is 0 Å². The topological polar surface area (TPSA) is 61.9 Å². The Balaban J connectivity index is 1.86. The summed E-state index contributed by atoms with van der Waals surface area (Å²) >= 11 is 0. The number of hydrogen-bond donors (Lipinski definition) is 3. The lowest BCUT2D eigenvalue weighted by atomic mass is 10.2. The largest absolute Gasteiger partial charge is 0.314 e. The lowest BCUT2D eigenvalue weighted by molar-refractivity contribution is 0.577. The maximum atomic E-state index is 4.69. The minimum Gasteiger partial charge on any atom is -0.314 e. The maximum absolute atomic E-state index is 4.69. The predicted molar refractivity (Wildman–Crippen MR) is 83.8 cm³/mol. The molecule has 3 rings (SSSR count). The highest BCUT2D eigenvalue weighted by molar-refractivity contribution is 5.54. The molecular weight excluding hydrogens is 262 g/mol. The van der Waals surface area contributed by atoms with Crippen LogP contribution in [-0.4, -0.2) is 36.1 Å². The molecule has 0 amide bonds. The fourth-order valence-electron chi connectivity index (χ4n) is 2.35. The Kier molecular flexibility index (Phi) is 4.89. The molecule has 1 aliphatic rings. The van der Waals surface area contributed by atoms with Gasteiger partial charge in [-0.2, -0.15) is 0 Å². The standard InChI is InChI=1S/C16H21N5/c1-3-13-11-18-9-7-17-8-10-19-12-14-4-2-6-16(21-14)15(5-1)20-13/h1-6,17-19H,7-12H2. The molecule has 0 fully saturated rings. The third-order valence-electron chi connectivity index (χ3n) is 3.45. The minimum absolute atomic E-state index is 0.785. The first-order chi connectivity index (χ1) is 10.4. The van der Waals surface area contributed by atoms with Crippen molar-refractivity contribution in [2.24, 2.45) is 0 Å². The van der Waals surface area contributed by atoms with Crippen LogP contribution in [0.2, 0.25) is 0 Å². The Hall–Kier alpha value is -1.82. The van der Waals surface area contributed by atoms with E-state index in [2.05, 4.69) is 16.0 Å². The summed E-state index contributed by atoms with van der Waals surface area (Å²) in [5.41, 5.74) is 3.97. The molecule has 0 saturated carbocycles. The molecule has 0 aliphatic carbocycles. The van der Waals surface area contributed by atoms with Crippen molar-refractivity contribution in [3.05, 3.63) is 47.8 Å². The lowest BCUT2D eigenvalue weighted by Gasteiger charge is -2.07. The summed E-state index contributed by atoms with van der Waals surface area (Å²) in [6.07, 6.45) is 0. The van der Waals surface area contributed by atoms with E-state index in [1.165, 1.54) is 0 Å². The summed E-state index contributed by atoms with van der Waals surface area (Å²) in [6, 6.07) is 12.2. The van der Waals surface area contributed by atoms with Crippen molar-refractivity contribution in [1.82, 2.24) is 25.9 Å². The zero-order valence-electron chi connectivity index (χ0n) is 12.1. The average molecular weight is 283 g/mol. The first kappa shape index (κ1) is 14.1. The molecule has 0 unspecified atom stereocenters. The Morgan fingerprint density at radius 1 is 0.619 bits per heavy atom. The van der Waals surface area contributed by atoms with Crippen LogP contribution in [0.25, 0.3) is 11.4 Å². The highest BCUT2D eigenvalue weighted by Crippen LogP contribution is 2.15. The van der Waals surface area contributed by atoms with E-state index in [1.54, 1.807) is 0 Å². The molecule has 1 aliphatic heterocycles. The van der Waals surface area contributed by atoms with Crippen molar-refractivity contribution >= 4 is 0 Å². The second-order valence-electron chi connectivity index (χ2n) is 5.13. The van der Waals surface area contributed by atoms with Crippen LogP contribution < -0.4 is 16.0 Å². The third-order valence-corrected chi connectivity index (χ3v) is 3.45.